The van der Waals surface area contributed by atoms with Crippen molar-refractivity contribution in [1.82, 2.24) is 9.88 Å². The molecule has 0 aromatic carbocycles. The van der Waals surface area contributed by atoms with Gasteiger partial charge in [-0.3, -0.25) is 4.70 Å². The van der Waals surface area contributed by atoms with Crippen molar-refractivity contribution >= 4 is 23.7 Å². The first kappa shape index (κ1) is 280. The van der Waals surface area contributed by atoms with Crippen LogP contribution in [0.1, 0.15) is 15.6 Å². The molecule has 0 saturated carbocycles. The Morgan fingerprint density at radius 3 is 0.506 bits per heavy atom. The van der Waals surface area contributed by atoms with Gasteiger partial charge in [-0.25, -0.2) is 4.98 Å². The molecule has 0 amide bonds. The van der Waals surface area contributed by atoms with Crippen LogP contribution in [0.5, 0.6) is 0 Å². The number of aromatic nitrogens is 1. The molecule has 0 atom stereocenters. The molecule has 4 nitrogen and oxygen atoms in total. The molecule has 1 aliphatic heterocycles. The lowest BCUT2D eigenvalue weighted by Gasteiger charge is -2.20. The zero-order chi connectivity index (χ0) is 80.6. The van der Waals surface area contributed by atoms with Crippen molar-refractivity contribution in [2.75, 3.05) is 13.6 Å². The predicted octanol–water partition coefficient (Wildman–Crippen LogP) is 31.0. The van der Waals surface area contributed by atoms with Gasteiger partial charge in [-0.2, -0.15) is 5.26 Å². The van der Waals surface area contributed by atoms with Crippen LogP contribution in [0.2, 0.25) is 0 Å². The van der Waals surface area contributed by atoms with Gasteiger partial charge in [0.05, 0.1) is 5.69 Å². The van der Waals surface area contributed by atoms with E-state index in [0.717, 1.165) is 25.2 Å². The molecule has 0 unspecified atom stereocenters. The summed E-state index contributed by atoms with van der Waals surface area (Å²) in [5.74, 6) is 0. The lowest BCUT2D eigenvalue weighted by atomic mass is 10.2. The molecule has 79 heteroatoms. The maximum absolute atomic E-state index is 8.64. The largest absolute Gasteiger partial charge is 0.412 e. The van der Waals surface area contributed by atoms with Gasteiger partial charge >= 0.3 is 0 Å². The average Bonchev–Trinajstić information content (AvgIpc) is 4.14. The summed E-state index contributed by atoms with van der Waals surface area (Å²) in [6, 6.07) is 2.09. The van der Waals surface area contributed by atoms with E-state index in [2.05, 4.69) is 23.0 Å². The van der Waals surface area contributed by atoms with Gasteiger partial charge in [0.1, 0.15) is 6.07 Å². The standard InChI is InChI=1S/C8H9N3S.ClH.36F2.FH.H2O/c1-11-3-2-6-7(5-11)12-8(4-9)10-6;;36*1-2;;/h2-3,5H2,1H3;1H;;;;;;;;;;;;;;;;;;;;;;;;;;;;;;;;;;;;;1H;1H2. The minimum atomic E-state index is 0. The summed E-state index contributed by atoms with van der Waals surface area (Å²) in [5.41, 5.74) is 1.13. The Hall–Kier alpha value is -5.78. The van der Waals surface area contributed by atoms with E-state index in [-0.39, 0.29) is 22.6 Å². The highest BCUT2D eigenvalue weighted by Gasteiger charge is 2.17. The first-order valence-electron chi connectivity index (χ1n) is 9.01. The highest BCUT2D eigenvalue weighted by atomic mass is 35.5. The summed E-state index contributed by atoms with van der Waals surface area (Å²) >= 11 is 1.53. The molecule has 0 spiro atoms. The fraction of sp³-hybridized carbons (Fsp3) is 0.500. The van der Waals surface area contributed by atoms with Gasteiger partial charge in [-0.05, 0) is 7.05 Å². The second-order valence-electron chi connectivity index (χ2n) is 2.99. The Morgan fingerprint density at radius 2 is 0.402 bits per heavy atom. The molecule has 2 heterocycles. The number of nitriles is 1. The molecule has 0 radical (unpaired) electrons. The zero-order valence-corrected chi connectivity index (χ0v) is 37.0. The van der Waals surface area contributed by atoms with Gasteiger partial charge in [-0.15, -0.1) is 23.7 Å². The SMILES string of the molecule is CN1CCc2nc(C#N)sc2C1.Cl.F.FF.FF.FF.FF.FF.FF.FF.FF.FF.FF.FF.FF.FF.FF.FF.FF.FF.FF.FF.FF.FF.FF.FF.FF.FF.FF.FF.FF.FF.FF.FF.FF.FF.FF.FF.FF.O. The van der Waals surface area contributed by atoms with E-state index in [9.17, 15) is 0 Å². The maximum atomic E-state index is 8.64. The number of thiazole rings is 1. The van der Waals surface area contributed by atoms with Gasteiger partial charge in [-0.1, -0.05) is 0 Å². The van der Waals surface area contributed by atoms with Gasteiger partial charge in [0.15, 0.2) is 5.01 Å². The Balaban J connectivity index is -0.00000000812. The van der Waals surface area contributed by atoms with Crippen LogP contribution in [0.15, 0.2) is 0 Å². The fourth-order valence-corrected chi connectivity index (χ4v) is 2.36. The van der Waals surface area contributed by atoms with Crippen molar-refractivity contribution in [3.63, 3.8) is 0 Å². The van der Waals surface area contributed by atoms with Crippen LogP contribution in [-0.2, 0) is 13.0 Å². The fourth-order valence-electron chi connectivity index (χ4n) is 1.37. The molecule has 2 rings (SSSR count). The minimum absolute atomic E-state index is 0. The number of fused-ring (bicyclic) bond motifs is 1. The third-order valence-electron chi connectivity index (χ3n) is 2.02. The number of likely N-dealkylation sites (N-methyl/N-ethyl adjacent to an activating group) is 1. The highest BCUT2D eigenvalue weighted by Crippen LogP contribution is 2.23. The maximum Gasteiger partial charge on any atom is 0.194 e. The number of rotatable bonds is 0. The molecule has 1 aliphatic rings. The van der Waals surface area contributed by atoms with Gasteiger partial charge in [0, 0.05) is 354 Å². The molecular weight excluding hydrogens is 1610 g/mol. The van der Waals surface area contributed by atoms with E-state index >= 15 is 0 Å². The van der Waals surface area contributed by atoms with Crippen molar-refractivity contribution in [2.45, 2.75) is 13.0 Å². The number of halogens is 74. The number of hydrogen-bond acceptors (Lipinski definition) is 4. The topological polar surface area (TPSA) is 71.4 Å². The van der Waals surface area contributed by atoms with Gasteiger partial charge in [0.2, 0.25) is 0 Å². The van der Waals surface area contributed by atoms with Crippen LogP contribution in [0.25, 0.3) is 0 Å². The van der Waals surface area contributed by atoms with E-state index in [4.69, 9.17) is 335 Å². The Bertz CT molecular complexity index is 402. The highest BCUT2D eigenvalue weighted by molar-refractivity contribution is 7.12. The molecule has 0 aliphatic carbocycles. The molecule has 0 fully saturated rings. The summed E-state index contributed by atoms with van der Waals surface area (Å²) < 4.78 is 576. The van der Waals surface area contributed by atoms with Crippen LogP contribution in [0.3, 0.4) is 0 Å². The summed E-state index contributed by atoms with van der Waals surface area (Å²) in [6.45, 7) is 2.01. The molecular formula is C8H13ClF73N3OS. The monoisotopic (exact) mass is 1620 g/mol. The quantitative estimate of drug-likeness (QED) is 0.243. The molecule has 2 N–H and O–H groups in total. The molecule has 1 aromatic heterocycles. The van der Waals surface area contributed by atoms with E-state index in [1.807, 2.05) is 0 Å². The lowest BCUT2D eigenvalue weighted by molar-refractivity contribution is 0.108. The second-order valence-corrected chi connectivity index (χ2v) is 4.07. The molecule has 0 saturated heterocycles. The summed E-state index contributed by atoms with van der Waals surface area (Å²) in [4.78, 5) is 7.75. The summed E-state index contributed by atoms with van der Waals surface area (Å²) in [6.07, 6.45) is 0.990. The van der Waals surface area contributed by atoms with E-state index < -0.39 is 0 Å². The zero-order valence-electron chi connectivity index (χ0n) is 35.4. The predicted molar refractivity (Wildman–Crippen MR) is 140 cm³/mol. The second kappa shape index (κ2) is 3370. The van der Waals surface area contributed by atoms with Crippen molar-refractivity contribution < 1.29 is 340 Å². The van der Waals surface area contributed by atoms with Crippen LogP contribution in [-0.4, -0.2) is 29.0 Å². The third-order valence-corrected chi connectivity index (χ3v) is 3.00. The van der Waals surface area contributed by atoms with Crippen molar-refractivity contribution in [3.8, 4) is 6.07 Å². The average molecular weight is 1620 g/mol. The number of nitrogens with zero attached hydrogens (tertiary/aromatic N) is 3. The third kappa shape index (κ3) is 1660. The molecule has 1 aromatic rings. The van der Waals surface area contributed by atoms with Crippen LogP contribution < -0.4 is 0 Å². The first-order valence-corrected chi connectivity index (χ1v) is 9.83. The van der Waals surface area contributed by atoms with Gasteiger partial charge in [0.25, 0.3) is 0 Å². The van der Waals surface area contributed by atoms with Crippen LogP contribution in [0.4, 0.5) is 334 Å². The summed E-state index contributed by atoms with van der Waals surface area (Å²) in [7, 11) is 2.09. The van der Waals surface area contributed by atoms with Crippen molar-refractivity contribution in [3.05, 3.63) is 15.6 Å². The van der Waals surface area contributed by atoms with Gasteiger partial charge < -0.3 is 10.4 Å². The smallest absolute Gasteiger partial charge is 0.194 e. The van der Waals surface area contributed by atoms with Crippen LogP contribution in [0, 0.1) is 11.3 Å². The molecule has 87 heavy (non-hydrogen) atoms. The molecule has 0 bridgehead atoms. The summed E-state index contributed by atoms with van der Waals surface area (Å²) in [5, 5.41) is 9.24. The van der Waals surface area contributed by atoms with Crippen molar-refractivity contribution in [2.24, 2.45) is 0 Å². The number of hydrogen-bond donors (Lipinski definition) is 0. The Morgan fingerprint density at radius 1 is 0.287 bits per heavy atom. The Labute approximate surface area is 429 Å². The van der Waals surface area contributed by atoms with E-state index in [1.165, 1.54) is 16.2 Å². The van der Waals surface area contributed by atoms with E-state index in [0.29, 0.717) is 5.01 Å². The van der Waals surface area contributed by atoms with Crippen molar-refractivity contribution in [1.29, 1.82) is 5.26 Å². The first-order chi connectivity index (χ1) is 41.8. The molecule has 590 valence electrons. The lowest BCUT2D eigenvalue weighted by Crippen LogP contribution is -2.25. The van der Waals surface area contributed by atoms with Crippen LogP contribution >= 0.6 is 23.7 Å². The minimum Gasteiger partial charge on any atom is -0.412 e. The van der Waals surface area contributed by atoms with E-state index in [1.54, 1.807) is 0 Å². The normalized spacial score (nSPS) is 4.83. The Kier molecular flexibility index (Phi) is 10800.